The molecule has 0 fully saturated rings. The lowest BCUT2D eigenvalue weighted by Gasteiger charge is -2.15. The number of halogens is 1. The smallest absolute Gasteiger partial charge is 0.278 e. The molecule has 1 aliphatic heterocycles. The summed E-state index contributed by atoms with van der Waals surface area (Å²) in [6.45, 7) is 0.215. The van der Waals surface area contributed by atoms with Crippen LogP contribution in [0.25, 0.3) is 0 Å². The normalized spacial score (nSPS) is 15.7. The van der Waals surface area contributed by atoms with E-state index in [0.29, 0.717) is 10.7 Å². The third-order valence-electron chi connectivity index (χ3n) is 1.72. The second-order valence-electron chi connectivity index (χ2n) is 2.77. The summed E-state index contributed by atoms with van der Waals surface area (Å²) in [7, 11) is 1.29. The highest BCUT2D eigenvalue weighted by molar-refractivity contribution is 8.14. The van der Waals surface area contributed by atoms with Gasteiger partial charge in [0, 0.05) is 10.7 Å². The number of hydrogen-bond donors (Lipinski definition) is 1. The Morgan fingerprint density at radius 1 is 1.47 bits per heavy atom. The molecule has 1 aromatic rings. The average molecular weight is 265 g/mol. The number of nitrogens with zero attached hydrogens (tertiary/aromatic N) is 1. The lowest BCUT2D eigenvalue weighted by Crippen LogP contribution is -2.17. The number of fused-ring (bicyclic) bond motifs is 1. The molecule has 8 heteroatoms. The van der Waals surface area contributed by atoms with Crippen LogP contribution in [0.3, 0.4) is 0 Å². The number of hydrogen-bond acceptors (Lipinski definition) is 6. The van der Waals surface area contributed by atoms with Gasteiger partial charge >= 0.3 is 0 Å². The maximum absolute atomic E-state index is 11.1. The Balaban J connectivity index is 2.50. The van der Waals surface area contributed by atoms with E-state index >= 15 is 0 Å². The summed E-state index contributed by atoms with van der Waals surface area (Å²) >= 11 is 0.907. The van der Waals surface area contributed by atoms with E-state index in [9.17, 15) is 13.2 Å². The van der Waals surface area contributed by atoms with E-state index in [1.165, 1.54) is 12.1 Å². The monoisotopic (exact) mass is 264 g/mol. The van der Waals surface area contributed by atoms with Crippen molar-refractivity contribution in [3.8, 4) is 0 Å². The summed E-state index contributed by atoms with van der Waals surface area (Å²) in [5.74, 6) is 0. The van der Waals surface area contributed by atoms with Gasteiger partial charge in [-0.3, -0.25) is 4.79 Å². The molecule has 2 heterocycles. The van der Waals surface area contributed by atoms with Crippen molar-refractivity contribution in [3.63, 3.8) is 0 Å². The van der Waals surface area contributed by atoms with Gasteiger partial charge in [-0.15, -0.1) is 0 Å². The van der Waals surface area contributed by atoms with E-state index in [2.05, 4.69) is 10.3 Å². The largest absolute Gasteiger partial charge is 0.375 e. The Hall–Kier alpha value is -0.790. The molecular weight excluding hydrogens is 260 g/mol. The number of anilines is 1. The maximum atomic E-state index is 11.1. The van der Waals surface area contributed by atoms with Crippen LogP contribution >= 0.6 is 22.4 Å². The van der Waals surface area contributed by atoms with Crippen LogP contribution in [0, 0.1) is 0 Å². The molecule has 1 aliphatic rings. The molecule has 0 unspecified atom stereocenters. The molecule has 0 aromatic carbocycles. The van der Waals surface area contributed by atoms with Crippen LogP contribution < -0.4 is 5.32 Å². The van der Waals surface area contributed by atoms with Gasteiger partial charge in [-0.05, 0) is 23.9 Å². The van der Waals surface area contributed by atoms with Gasteiger partial charge < -0.3 is 5.32 Å². The van der Waals surface area contributed by atoms with E-state index in [1.54, 1.807) is 0 Å². The first-order chi connectivity index (χ1) is 6.97. The van der Waals surface area contributed by atoms with E-state index in [0.717, 1.165) is 11.8 Å². The molecule has 15 heavy (non-hydrogen) atoms. The zero-order chi connectivity index (χ0) is 11.1. The molecule has 5 nitrogen and oxygen atoms in total. The number of pyridine rings is 1. The summed E-state index contributed by atoms with van der Waals surface area (Å²) in [5, 5.41) is 2.81. The molecule has 0 saturated carbocycles. The SMILES string of the molecule is O=C1CNc2ccc(S(=O)(=O)Cl)nc2S1. The van der Waals surface area contributed by atoms with Crippen LogP contribution in [-0.2, 0) is 13.8 Å². The van der Waals surface area contributed by atoms with Gasteiger partial charge in [0.2, 0.25) is 5.12 Å². The van der Waals surface area contributed by atoms with Gasteiger partial charge in [0.1, 0.15) is 5.03 Å². The van der Waals surface area contributed by atoms with Gasteiger partial charge in [-0.25, -0.2) is 13.4 Å². The van der Waals surface area contributed by atoms with Gasteiger partial charge in [-0.2, -0.15) is 0 Å². The minimum absolute atomic E-state index is 0.112. The summed E-state index contributed by atoms with van der Waals surface area (Å²) in [5.41, 5.74) is 0.642. The summed E-state index contributed by atoms with van der Waals surface area (Å²) < 4.78 is 22.0. The van der Waals surface area contributed by atoms with Crippen LogP contribution in [0.5, 0.6) is 0 Å². The Kier molecular flexibility index (Phi) is 2.61. The predicted octanol–water partition coefficient (Wildman–Crippen LogP) is 1.05. The van der Waals surface area contributed by atoms with E-state index < -0.39 is 9.05 Å². The fourth-order valence-electron chi connectivity index (χ4n) is 1.08. The molecule has 0 amide bonds. The third-order valence-corrected chi connectivity index (χ3v) is 3.80. The number of nitrogens with one attached hydrogen (secondary N) is 1. The fraction of sp³-hybridized carbons (Fsp3) is 0.143. The van der Waals surface area contributed by atoms with Crippen molar-refractivity contribution in [2.24, 2.45) is 0 Å². The highest BCUT2D eigenvalue weighted by atomic mass is 35.7. The van der Waals surface area contributed by atoms with Gasteiger partial charge in [0.05, 0.1) is 12.2 Å². The average Bonchev–Trinajstić information content (AvgIpc) is 2.15. The quantitative estimate of drug-likeness (QED) is 0.764. The molecular formula is C7H5ClN2O3S2. The Morgan fingerprint density at radius 3 is 2.87 bits per heavy atom. The van der Waals surface area contributed by atoms with Crippen LogP contribution in [0.2, 0.25) is 0 Å². The molecule has 1 aromatic heterocycles. The molecule has 1 N–H and O–H groups in total. The Morgan fingerprint density at radius 2 is 2.20 bits per heavy atom. The molecule has 0 saturated heterocycles. The highest BCUT2D eigenvalue weighted by Crippen LogP contribution is 2.31. The van der Waals surface area contributed by atoms with Crippen LogP contribution in [0.15, 0.2) is 22.2 Å². The van der Waals surface area contributed by atoms with Crippen LogP contribution in [0.1, 0.15) is 0 Å². The lowest BCUT2D eigenvalue weighted by molar-refractivity contribution is -0.109. The second-order valence-corrected chi connectivity index (χ2v) is 6.33. The van der Waals surface area contributed by atoms with Gasteiger partial charge in [0.25, 0.3) is 9.05 Å². The Labute approximate surface area is 94.6 Å². The van der Waals surface area contributed by atoms with Crippen molar-refractivity contribution in [1.29, 1.82) is 0 Å². The standard InChI is InChI=1S/C7H5ClN2O3S2/c8-15(12,13)5-2-1-4-7(10-5)14-6(11)3-9-4/h1-2,9H,3H2. The van der Waals surface area contributed by atoms with E-state index in [-0.39, 0.29) is 16.7 Å². The Bertz CT molecular complexity index is 529. The molecule has 0 atom stereocenters. The number of thioether (sulfide) groups is 1. The first-order valence-electron chi connectivity index (χ1n) is 3.87. The topological polar surface area (TPSA) is 76.1 Å². The number of carbonyl (C=O) groups excluding carboxylic acids is 1. The van der Waals surface area contributed by atoms with E-state index in [1.807, 2.05) is 0 Å². The van der Waals surface area contributed by atoms with Crippen molar-refractivity contribution in [1.82, 2.24) is 4.98 Å². The van der Waals surface area contributed by atoms with Crippen LogP contribution in [0.4, 0.5) is 5.69 Å². The van der Waals surface area contributed by atoms with Crippen molar-refractivity contribution in [2.45, 2.75) is 10.1 Å². The third kappa shape index (κ3) is 2.24. The minimum Gasteiger partial charge on any atom is -0.375 e. The molecule has 0 bridgehead atoms. The lowest BCUT2D eigenvalue weighted by atomic mass is 10.4. The first kappa shape index (κ1) is 10.7. The first-order valence-corrected chi connectivity index (χ1v) is 6.99. The molecule has 0 radical (unpaired) electrons. The number of carbonyl (C=O) groups is 1. The zero-order valence-electron chi connectivity index (χ0n) is 7.23. The summed E-state index contributed by atoms with van der Waals surface area (Å²) in [6.07, 6.45) is 0. The van der Waals surface area contributed by atoms with Crippen molar-refractivity contribution in [2.75, 3.05) is 11.9 Å². The molecule has 0 aliphatic carbocycles. The summed E-state index contributed by atoms with van der Waals surface area (Å²) in [4.78, 5) is 14.9. The second kappa shape index (κ2) is 3.66. The number of aromatic nitrogens is 1. The minimum atomic E-state index is -3.85. The molecule has 0 spiro atoms. The number of rotatable bonds is 1. The van der Waals surface area contributed by atoms with Crippen molar-refractivity contribution >= 4 is 42.3 Å². The summed E-state index contributed by atoms with van der Waals surface area (Å²) in [6, 6.07) is 2.83. The predicted molar refractivity (Wildman–Crippen MR) is 56.6 cm³/mol. The zero-order valence-corrected chi connectivity index (χ0v) is 9.62. The van der Waals surface area contributed by atoms with Crippen LogP contribution in [-0.4, -0.2) is 25.1 Å². The molecule has 2 rings (SSSR count). The van der Waals surface area contributed by atoms with Crippen molar-refractivity contribution in [3.05, 3.63) is 12.1 Å². The van der Waals surface area contributed by atoms with E-state index in [4.69, 9.17) is 10.7 Å². The maximum Gasteiger partial charge on any atom is 0.278 e. The van der Waals surface area contributed by atoms with Gasteiger partial charge in [0.15, 0.2) is 5.03 Å². The highest BCUT2D eigenvalue weighted by Gasteiger charge is 2.20. The van der Waals surface area contributed by atoms with Gasteiger partial charge in [-0.1, -0.05) is 0 Å². The van der Waals surface area contributed by atoms with Crippen molar-refractivity contribution < 1.29 is 13.2 Å². The molecule has 80 valence electrons. The fourth-order valence-corrected chi connectivity index (χ4v) is 2.58.